The number of hydrogen-bond acceptors (Lipinski definition) is 3. The van der Waals surface area contributed by atoms with Crippen molar-refractivity contribution in [3.05, 3.63) is 102 Å². The SMILES string of the molecule is N#CC1(c2ccccn2)C(c2ccccc2)CC(=O)CC1c1ccccc1. The molecular formula is C24H20N2O. The molecule has 0 amide bonds. The van der Waals surface area contributed by atoms with Crippen molar-refractivity contribution in [2.75, 3.05) is 0 Å². The monoisotopic (exact) mass is 352 g/mol. The van der Waals surface area contributed by atoms with Gasteiger partial charge in [0.05, 0.1) is 11.8 Å². The second-order valence-corrected chi connectivity index (χ2v) is 7.07. The Balaban J connectivity index is 1.97. The largest absolute Gasteiger partial charge is 0.300 e. The third-order valence-electron chi connectivity index (χ3n) is 5.64. The van der Waals surface area contributed by atoms with Gasteiger partial charge < -0.3 is 0 Å². The van der Waals surface area contributed by atoms with Crippen molar-refractivity contribution < 1.29 is 4.79 Å². The Hall–Kier alpha value is -3.25. The standard InChI is InChI=1S/C24H20N2O/c25-17-24(23-13-7-8-14-26-23)21(18-9-3-1-4-10-18)15-20(27)16-22(24)19-11-5-2-6-12-19/h1-14,21-22H,15-16H2. The minimum atomic E-state index is -0.891. The number of rotatable bonds is 3. The predicted octanol–water partition coefficient (Wildman–Crippen LogP) is 4.77. The highest BCUT2D eigenvalue weighted by Crippen LogP contribution is 2.54. The van der Waals surface area contributed by atoms with E-state index in [-0.39, 0.29) is 17.6 Å². The Morgan fingerprint density at radius 1 is 0.815 bits per heavy atom. The first kappa shape index (κ1) is 17.2. The Kier molecular flexibility index (Phi) is 4.56. The maximum Gasteiger partial charge on any atom is 0.134 e. The quantitative estimate of drug-likeness (QED) is 0.682. The lowest BCUT2D eigenvalue weighted by Crippen LogP contribution is -2.45. The van der Waals surface area contributed by atoms with Gasteiger partial charge >= 0.3 is 0 Å². The fourth-order valence-electron chi connectivity index (χ4n) is 4.41. The molecule has 27 heavy (non-hydrogen) atoms. The van der Waals surface area contributed by atoms with Crippen molar-refractivity contribution in [3.63, 3.8) is 0 Å². The summed E-state index contributed by atoms with van der Waals surface area (Å²) < 4.78 is 0. The number of ketones is 1. The third-order valence-corrected chi connectivity index (χ3v) is 5.64. The maximum absolute atomic E-state index is 12.7. The molecule has 1 heterocycles. The summed E-state index contributed by atoms with van der Waals surface area (Å²) in [6.07, 6.45) is 2.45. The van der Waals surface area contributed by atoms with Crippen LogP contribution in [0.2, 0.25) is 0 Å². The summed E-state index contributed by atoms with van der Waals surface area (Å²) in [5.74, 6) is -0.269. The highest BCUT2D eigenvalue weighted by atomic mass is 16.1. The summed E-state index contributed by atoms with van der Waals surface area (Å²) in [4.78, 5) is 17.3. The van der Waals surface area contributed by atoms with Crippen LogP contribution in [-0.2, 0) is 10.2 Å². The topological polar surface area (TPSA) is 53.8 Å². The van der Waals surface area contributed by atoms with Gasteiger partial charge in [0.2, 0.25) is 0 Å². The van der Waals surface area contributed by atoms with Crippen LogP contribution in [0.1, 0.15) is 41.5 Å². The van der Waals surface area contributed by atoms with Crippen LogP contribution in [0.15, 0.2) is 85.1 Å². The molecule has 132 valence electrons. The molecule has 2 unspecified atom stereocenters. The first-order chi connectivity index (χ1) is 13.3. The van der Waals surface area contributed by atoms with Crippen LogP contribution in [0.5, 0.6) is 0 Å². The van der Waals surface area contributed by atoms with Gasteiger partial charge in [-0.15, -0.1) is 0 Å². The predicted molar refractivity (Wildman–Crippen MR) is 104 cm³/mol. The van der Waals surface area contributed by atoms with Gasteiger partial charge in [0.1, 0.15) is 11.2 Å². The molecule has 1 saturated carbocycles. The molecule has 0 saturated heterocycles. The maximum atomic E-state index is 12.7. The number of carbonyl (C=O) groups excluding carboxylic acids is 1. The van der Waals surface area contributed by atoms with Gasteiger partial charge in [-0.25, -0.2) is 0 Å². The van der Waals surface area contributed by atoms with Crippen LogP contribution in [0.3, 0.4) is 0 Å². The molecular weight excluding hydrogens is 332 g/mol. The van der Waals surface area contributed by atoms with Crippen molar-refractivity contribution in [1.29, 1.82) is 5.26 Å². The van der Waals surface area contributed by atoms with E-state index < -0.39 is 5.41 Å². The second kappa shape index (κ2) is 7.17. The lowest BCUT2D eigenvalue weighted by molar-refractivity contribution is -0.122. The zero-order valence-corrected chi connectivity index (χ0v) is 15.0. The minimum absolute atomic E-state index is 0.194. The summed E-state index contributed by atoms with van der Waals surface area (Å²) >= 11 is 0. The second-order valence-electron chi connectivity index (χ2n) is 7.07. The molecule has 0 N–H and O–H groups in total. The summed E-state index contributed by atoms with van der Waals surface area (Å²) in [5.41, 5.74) is 1.87. The Bertz CT molecular complexity index is 910. The Morgan fingerprint density at radius 3 is 1.78 bits per heavy atom. The first-order valence-corrected chi connectivity index (χ1v) is 9.20. The van der Waals surface area contributed by atoms with Crippen molar-refractivity contribution >= 4 is 5.78 Å². The average molecular weight is 352 g/mol. The number of carbonyl (C=O) groups is 1. The van der Waals surface area contributed by atoms with E-state index in [4.69, 9.17) is 0 Å². The molecule has 0 bridgehead atoms. The van der Waals surface area contributed by atoms with Gasteiger partial charge in [0.25, 0.3) is 0 Å². The molecule has 2 atom stereocenters. The molecule has 1 fully saturated rings. The molecule has 2 aromatic carbocycles. The molecule has 3 nitrogen and oxygen atoms in total. The molecule has 0 spiro atoms. The van der Waals surface area contributed by atoms with Crippen LogP contribution in [-0.4, -0.2) is 10.8 Å². The van der Waals surface area contributed by atoms with Crippen LogP contribution in [0, 0.1) is 11.3 Å². The number of aromatic nitrogens is 1. The van der Waals surface area contributed by atoms with Crippen molar-refractivity contribution in [1.82, 2.24) is 4.98 Å². The average Bonchev–Trinajstić information content (AvgIpc) is 2.75. The molecule has 3 aromatic rings. The Morgan fingerprint density at radius 2 is 1.33 bits per heavy atom. The molecule has 0 radical (unpaired) electrons. The zero-order valence-electron chi connectivity index (χ0n) is 15.0. The van der Waals surface area contributed by atoms with Gasteiger partial charge in [0.15, 0.2) is 0 Å². The minimum Gasteiger partial charge on any atom is -0.300 e. The van der Waals surface area contributed by atoms with Crippen molar-refractivity contribution in [2.45, 2.75) is 30.1 Å². The smallest absolute Gasteiger partial charge is 0.134 e. The molecule has 1 aliphatic rings. The van der Waals surface area contributed by atoms with Gasteiger partial charge in [-0.2, -0.15) is 5.26 Å². The van der Waals surface area contributed by atoms with Gasteiger partial charge in [-0.05, 0) is 23.3 Å². The van der Waals surface area contributed by atoms with E-state index >= 15 is 0 Å². The first-order valence-electron chi connectivity index (χ1n) is 9.20. The van der Waals surface area contributed by atoms with E-state index in [1.54, 1.807) is 6.20 Å². The Labute approximate surface area is 159 Å². The highest BCUT2D eigenvalue weighted by Gasteiger charge is 2.53. The number of hydrogen-bond donors (Lipinski definition) is 0. The van der Waals surface area contributed by atoms with E-state index in [1.807, 2.05) is 78.9 Å². The van der Waals surface area contributed by atoms with Crippen molar-refractivity contribution in [2.24, 2.45) is 0 Å². The summed E-state index contributed by atoms with van der Waals surface area (Å²) in [6, 6.07) is 28.2. The number of Topliss-reactive ketones (excluding diaryl/α,β-unsaturated/α-hetero) is 1. The summed E-state index contributed by atoms with van der Waals surface area (Å²) in [6.45, 7) is 0. The van der Waals surface area contributed by atoms with Gasteiger partial charge in [0, 0.05) is 30.9 Å². The molecule has 1 aliphatic carbocycles. The number of pyridine rings is 1. The third kappa shape index (κ3) is 2.94. The highest BCUT2D eigenvalue weighted by molar-refractivity contribution is 5.83. The fraction of sp³-hybridized carbons (Fsp3) is 0.208. The normalized spacial score (nSPS) is 24.9. The molecule has 1 aromatic heterocycles. The lowest BCUT2D eigenvalue weighted by Gasteiger charge is -2.44. The van der Waals surface area contributed by atoms with Gasteiger partial charge in [-0.3, -0.25) is 9.78 Å². The van der Waals surface area contributed by atoms with Gasteiger partial charge in [-0.1, -0.05) is 66.7 Å². The summed E-state index contributed by atoms with van der Waals surface area (Å²) in [5, 5.41) is 10.5. The molecule has 4 rings (SSSR count). The summed E-state index contributed by atoms with van der Waals surface area (Å²) in [7, 11) is 0. The van der Waals surface area contributed by atoms with Crippen LogP contribution >= 0.6 is 0 Å². The molecule has 0 aliphatic heterocycles. The van der Waals surface area contributed by atoms with Crippen molar-refractivity contribution in [3.8, 4) is 6.07 Å². The number of nitriles is 1. The van der Waals surface area contributed by atoms with E-state index in [0.717, 1.165) is 16.8 Å². The zero-order chi connectivity index (χ0) is 18.7. The van der Waals surface area contributed by atoms with Crippen LogP contribution in [0.4, 0.5) is 0 Å². The van der Waals surface area contributed by atoms with E-state index in [1.165, 1.54) is 0 Å². The van der Waals surface area contributed by atoms with E-state index in [2.05, 4.69) is 11.1 Å². The number of benzene rings is 2. The van der Waals surface area contributed by atoms with Crippen LogP contribution in [0.25, 0.3) is 0 Å². The van der Waals surface area contributed by atoms with E-state index in [9.17, 15) is 10.1 Å². The molecule has 3 heteroatoms. The number of nitrogens with zero attached hydrogens (tertiary/aromatic N) is 2. The lowest BCUT2D eigenvalue weighted by atomic mass is 9.55. The van der Waals surface area contributed by atoms with E-state index in [0.29, 0.717) is 12.8 Å². The van der Waals surface area contributed by atoms with Crippen LogP contribution < -0.4 is 0 Å². The fourth-order valence-corrected chi connectivity index (χ4v) is 4.41.